The Morgan fingerprint density at radius 1 is 1.17 bits per heavy atom. The van der Waals surface area contributed by atoms with Gasteiger partial charge in [-0.05, 0) is 30.3 Å². The quantitative estimate of drug-likeness (QED) is 0.862. The predicted molar refractivity (Wildman–Crippen MR) is 86.7 cm³/mol. The number of aromatic nitrogens is 1. The lowest BCUT2D eigenvalue weighted by Gasteiger charge is -2.21. The molecule has 0 radical (unpaired) electrons. The fourth-order valence-corrected chi connectivity index (χ4v) is 2.41. The van der Waals surface area contributed by atoms with Gasteiger partial charge in [-0.2, -0.15) is 5.01 Å². The molecular weight excluding hydrogens is 310 g/mol. The number of carbonyl (C=O) groups is 1. The van der Waals surface area contributed by atoms with E-state index in [2.05, 4.69) is 10.1 Å². The van der Waals surface area contributed by atoms with Gasteiger partial charge in [-0.1, -0.05) is 0 Å². The molecule has 1 amide bonds. The molecule has 24 heavy (non-hydrogen) atoms. The van der Waals surface area contributed by atoms with Crippen LogP contribution in [0.1, 0.15) is 24.3 Å². The van der Waals surface area contributed by atoms with E-state index in [1.165, 1.54) is 11.9 Å². The van der Waals surface area contributed by atoms with Gasteiger partial charge in [-0.15, -0.1) is 5.10 Å². The molecule has 7 heteroatoms. The number of hydrazone groups is 1. The SMILES string of the molecule is COc1ccc(OC)c([C@H]2OC(c3ccncc3)=NN2C(C)=O)c1. The second-order valence-electron chi connectivity index (χ2n) is 5.08. The molecule has 124 valence electrons. The summed E-state index contributed by atoms with van der Waals surface area (Å²) in [4.78, 5) is 16.0. The van der Waals surface area contributed by atoms with Crippen molar-refractivity contribution in [3.05, 3.63) is 53.9 Å². The van der Waals surface area contributed by atoms with Crippen molar-refractivity contribution in [2.45, 2.75) is 13.2 Å². The van der Waals surface area contributed by atoms with Crippen LogP contribution in [0.15, 0.2) is 47.8 Å². The van der Waals surface area contributed by atoms with E-state index in [1.807, 2.05) is 0 Å². The number of benzene rings is 1. The third-order valence-electron chi connectivity index (χ3n) is 3.60. The zero-order valence-corrected chi connectivity index (χ0v) is 13.6. The molecule has 0 fully saturated rings. The van der Waals surface area contributed by atoms with E-state index in [1.54, 1.807) is 56.9 Å². The van der Waals surface area contributed by atoms with Crippen LogP contribution < -0.4 is 9.47 Å². The van der Waals surface area contributed by atoms with Crippen molar-refractivity contribution in [3.63, 3.8) is 0 Å². The molecule has 1 aromatic carbocycles. The first kappa shape index (κ1) is 15.8. The summed E-state index contributed by atoms with van der Waals surface area (Å²) in [6, 6.07) is 8.84. The van der Waals surface area contributed by atoms with Crippen LogP contribution in [0.25, 0.3) is 0 Å². The number of methoxy groups -OCH3 is 2. The van der Waals surface area contributed by atoms with Gasteiger partial charge in [0.25, 0.3) is 0 Å². The molecule has 1 atom stereocenters. The Morgan fingerprint density at radius 2 is 1.92 bits per heavy atom. The van der Waals surface area contributed by atoms with Gasteiger partial charge in [0, 0.05) is 24.9 Å². The van der Waals surface area contributed by atoms with E-state index in [0.29, 0.717) is 23.0 Å². The summed E-state index contributed by atoms with van der Waals surface area (Å²) in [5, 5.41) is 5.59. The number of nitrogens with zero attached hydrogens (tertiary/aromatic N) is 3. The third kappa shape index (κ3) is 2.88. The van der Waals surface area contributed by atoms with E-state index in [9.17, 15) is 4.79 Å². The van der Waals surface area contributed by atoms with Crippen molar-refractivity contribution in [1.29, 1.82) is 0 Å². The number of rotatable bonds is 4. The van der Waals surface area contributed by atoms with Gasteiger partial charge in [-0.25, -0.2) is 0 Å². The van der Waals surface area contributed by atoms with Crippen LogP contribution in [0.2, 0.25) is 0 Å². The second kappa shape index (κ2) is 6.57. The van der Waals surface area contributed by atoms with Gasteiger partial charge in [0.2, 0.25) is 18.0 Å². The summed E-state index contributed by atoms with van der Waals surface area (Å²) < 4.78 is 16.6. The second-order valence-corrected chi connectivity index (χ2v) is 5.08. The Balaban J connectivity index is 2.01. The number of carbonyl (C=O) groups excluding carboxylic acids is 1. The van der Waals surface area contributed by atoms with Crippen LogP contribution in [0.5, 0.6) is 11.5 Å². The van der Waals surface area contributed by atoms with Crippen LogP contribution >= 0.6 is 0 Å². The van der Waals surface area contributed by atoms with Gasteiger partial charge in [0.05, 0.1) is 19.8 Å². The summed E-state index contributed by atoms with van der Waals surface area (Å²) in [5.41, 5.74) is 1.39. The first-order valence-corrected chi connectivity index (χ1v) is 7.31. The van der Waals surface area contributed by atoms with Crippen LogP contribution in [-0.2, 0) is 9.53 Å². The zero-order chi connectivity index (χ0) is 17.1. The molecule has 3 rings (SSSR count). The number of hydrogen-bond acceptors (Lipinski definition) is 6. The van der Waals surface area contributed by atoms with Gasteiger partial charge >= 0.3 is 0 Å². The number of pyridine rings is 1. The summed E-state index contributed by atoms with van der Waals surface area (Å²) in [7, 11) is 3.13. The summed E-state index contributed by atoms with van der Waals surface area (Å²) in [5.74, 6) is 1.32. The van der Waals surface area contributed by atoms with E-state index < -0.39 is 6.23 Å². The maximum Gasteiger partial charge on any atom is 0.243 e. The van der Waals surface area contributed by atoms with Crippen LogP contribution in [-0.4, -0.2) is 36.0 Å². The average molecular weight is 327 g/mol. The summed E-state index contributed by atoms with van der Waals surface area (Å²) >= 11 is 0. The standard InChI is InChI=1S/C17H17N3O4/c1-11(21)20-17(14-10-13(22-2)4-5-15(14)23-3)24-16(19-20)12-6-8-18-9-7-12/h4-10,17H,1-3H3/t17-/m1/s1. The minimum atomic E-state index is -0.726. The molecule has 2 heterocycles. The molecule has 1 aromatic heterocycles. The largest absolute Gasteiger partial charge is 0.497 e. The zero-order valence-electron chi connectivity index (χ0n) is 13.6. The van der Waals surface area contributed by atoms with Gasteiger partial charge in [0.15, 0.2) is 0 Å². The molecule has 0 aliphatic carbocycles. The Labute approximate surface area is 139 Å². The molecule has 2 aromatic rings. The fraction of sp³-hybridized carbons (Fsp3) is 0.235. The lowest BCUT2D eigenvalue weighted by atomic mass is 10.1. The highest BCUT2D eigenvalue weighted by Gasteiger charge is 2.35. The molecule has 7 nitrogen and oxygen atoms in total. The van der Waals surface area contributed by atoms with Crippen molar-refractivity contribution in [3.8, 4) is 11.5 Å². The van der Waals surface area contributed by atoms with Gasteiger partial charge < -0.3 is 14.2 Å². The molecule has 0 spiro atoms. The molecule has 0 saturated heterocycles. The molecule has 0 N–H and O–H groups in total. The van der Waals surface area contributed by atoms with Crippen molar-refractivity contribution < 1.29 is 19.0 Å². The minimum absolute atomic E-state index is 0.242. The minimum Gasteiger partial charge on any atom is -0.497 e. The first-order chi connectivity index (χ1) is 11.6. The number of hydrogen-bond donors (Lipinski definition) is 0. The fourth-order valence-electron chi connectivity index (χ4n) is 2.41. The number of ether oxygens (including phenoxy) is 3. The molecule has 0 unspecified atom stereocenters. The van der Waals surface area contributed by atoms with Crippen molar-refractivity contribution in [1.82, 2.24) is 9.99 Å². The monoisotopic (exact) mass is 327 g/mol. The van der Waals surface area contributed by atoms with Crippen LogP contribution in [0.3, 0.4) is 0 Å². The Bertz CT molecular complexity index is 777. The summed E-state index contributed by atoms with van der Waals surface area (Å²) in [6.45, 7) is 1.43. The van der Waals surface area contributed by atoms with Crippen LogP contribution in [0, 0.1) is 0 Å². The molecule has 1 aliphatic heterocycles. The Morgan fingerprint density at radius 3 is 2.54 bits per heavy atom. The number of amides is 1. The first-order valence-electron chi connectivity index (χ1n) is 7.31. The third-order valence-corrected chi connectivity index (χ3v) is 3.60. The highest BCUT2D eigenvalue weighted by atomic mass is 16.5. The van der Waals surface area contributed by atoms with Gasteiger partial charge in [-0.3, -0.25) is 9.78 Å². The average Bonchev–Trinajstić information content (AvgIpc) is 3.07. The molecular formula is C17H17N3O4. The van der Waals surface area contributed by atoms with Gasteiger partial charge in [0.1, 0.15) is 11.5 Å². The molecule has 0 bridgehead atoms. The lowest BCUT2D eigenvalue weighted by Crippen LogP contribution is -2.25. The van der Waals surface area contributed by atoms with Crippen molar-refractivity contribution >= 4 is 11.8 Å². The highest BCUT2D eigenvalue weighted by molar-refractivity contribution is 5.96. The highest BCUT2D eigenvalue weighted by Crippen LogP contribution is 2.37. The van der Waals surface area contributed by atoms with E-state index in [4.69, 9.17) is 14.2 Å². The Kier molecular flexibility index (Phi) is 4.33. The summed E-state index contributed by atoms with van der Waals surface area (Å²) in [6.07, 6.45) is 2.55. The predicted octanol–water partition coefficient (Wildman–Crippen LogP) is 2.34. The van der Waals surface area contributed by atoms with E-state index in [0.717, 1.165) is 5.56 Å². The molecule has 0 saturated carbocycles. The maximum absolute atomic E-state index is 12.0. The van der Waals surface area contributed by atoms with Crippen LogP contribution in [0.4, 0.5) is 0 Å². The maximum atomic E-state index is 12.0. The Hall–Kier alpha value is -3.09. The van der Waals surface area contributed by atoms with Crippen molar-refractivity contribution in [2.24, 2.45) is 5.10 Å². The lowest BCUT2D eigenvalue weighted by molar-refractivity contribution is -0.135. The topological polar surface area (TPSA) is 73.2 Å². The van der Waals surface area contributed by atoms with Crippen molar-refractivity contribution in [2.75, 3.05) is 14.2 Å². The normalized spacial score (nSPS) is 16.4. The van der Waals surface area contributed by atoms with E-state index >= 15 is 0 Å². The molecule has 1 aliphatic rings. The smallest absolute Gasteiger partial charge is 0.243 e. The van der Waals surface area contributed by atoms with E-state index in [-0.39, 0.29) is 5.91 Å².